The van der Waals surface area contributed by atoms with Crippen LogP contribution in [0.4, 0.5) is 5.13 Å². The van der Waals surface area contributed by atoms with Gasteiger partial charge in [0.2, 0.25) is 0 Å². The van der Waals surface area contributed by atoms with Gasteiger partial charge >= 0.3 is 0 Å². The molecule has 2 heterocycles. The van der Waals surface area contributed by atoms with E-state index in [0.717, 1.165) is 27.0 Å². The fraction of sp³-hybridized carbons (Fsp3) is 0.267. The van der Waals surface area contributed by atoms with E-state index in [4.69, 9.17) is 11.6 Å². The summed E-state index contributed by atoms with van der Waals surface area (Å²) in [6.45, 7) is 3.28. The number of hydrogen-bond donors (Lipinski definition) is 2. The Morgan fingerprint density at radius 2 is 2.35 bits per heavy atom. The quantitative estimate of drug-likeness (QED) is 0.807. The molecule has 23 heavy (non-hydrogen) atoms. The number of carbonyl (C=O) groups excluding carboxylic acids is 1. The molecule has 120 valence electrons. The minimum Gasteiger partial charge on any atom is -0.364 e. The van der Waals surface area contributed by atoms with Crippen LogP contribution in [0.2, 0.25) is 5.02 Å². The topological polar surface area (TPSA) is 66.4 Å². The lowest BCUT2D eigenvalue weighted by Gasteiger charge is -2.02. The summed E-state index contributed by atoms with van der Waals surface area (Å²) in [4.78, 5) is 21.6. The summed E-state index contributed by atoms with van der Waals surface area (Å²) >= 11 is 11.0. The number of carbonyl (C=O) groups is 1. The van der Waals surface area contributed by atoms with Crippen molar-refractivity contribution in [3.63, 3.8) is 0 Å². The zero-order valence-corrected chi connectivity index (χ0v) is 15.5. The molecule has 1 aliphatic heterocycles. The van der Waals surface area contributed by atoms with Gasteiger partial charge in [0.1, 0.15) is 0 Å². The van der Waals surface area contributed by atoms with Crippen LogP contribution in [0.15, 0.2) is 27.7 Å². The van der Waals surface area contributed by atoms with Crippen LogP contribution in [0, 0.1) is 6.92 Å². The first-order chi connectivity index (χ1) is 11.0. The van der Waals surface area contributed by atoms with Crippen LogP contribution >= 0.6 is 38.9 Å². The highest BCUT2D eigenvalue weighted by Crippen LogP contribution is 2.28. The summed E-state index contributed by atoms with van der Waals surface area (Å²) in [6.07, 6.45) is 0.728. The second-order valence-corrected chi connectivity index (χ2v) is 7.41. The van der Waals surface area contributed by atoms with E-state index >= 15 is 0 Å². The van der Waals surface area contributed by atoms with Gasteiger partial charge in [-0.1, -0.05) is 17.7 Å². The van der Waals surface area contributed by atoms with Crippen molar-refractivity contribution < 1.29 is 4.79 Å². The molecule has 1 aliphatic rings. The Morgan fingerprint density at radius 3 is 3.04 bits per heavy atom. The Labute approximate surface area is 151 Å². The maximum absolute atomic E-state index is 12.0. The number of thiazole rings is 1. The van der Waals surface area contributed by atoms with E-state index in [1.807, 2.05) is 25.1 Å². The number of aromatic nitrogens is 1. The number of benzene rings is 1. The van der Waals surface area contributed by atoms with Crippen molar-refractivity contribution in [2.24, 2.45) is 4.99 Å². The van der Waals surface area contributed by atoms with Crippen LogP contribution in [-0.2, 0) is 11.2 Å². The monoisotopic (exact) mass is 412 g/mol. The molecule has 0 bridgehead atoms. The van der Waals surface area contributed by atoms with Gasteiger partial charge in [-0.15, -0.1) is 11.3 Å². The van der Waals surface area contributed by atoms with E-state index in [-0.39, 0.29) is 5.91 Å². The summed E-state index contributed by atoms with van der Waals surface area (Å²) in [5, 5.41) is 7.01. The molecular formula is C15H14BrClN4OS. The third kappa shape index (κ3) is 3.91. The maximum Gasteiger partial charge on any atom is 0.292 e. The third-order valence-electron chi connectivity index (χ3n) is 3.35. The number of hydrogen-bond acceptors (Lipinski definition) is 5. The molecule has 1 aromatic carbocycles. The Kier molecular flexibility index (Phi) is 4.99. The molecule has 0 aliphatic carbocycles. The molecule has 5 nitrogen and oxygen atoms in total. The Balaban J connectivity index is 1.72. The molecule has 0 atom stereocenters. The minimum atomic E-state index is -0.241. The van der Waals surface area contributed by atoms with Gasteiger partial charge in [-0.3, -0.25) is 15.1 Å². The first-order valence-electron chi connectivity index (χ1n) is 7.03. The highest BCUT2D eigenvalue weighted by Gasteiger charge is 2.17. The molecule has 0 saturated carbocycles. The smallest absolute Gasteiger partial charge is 0.292 e. The number of rotatable bonds is 4. The Hall–Kier alpha value is -1.44. The summed E-state index contributed by atoms with van der Waals surface area (Å²) in [6, 6.07) is 5.88. The number of anilines is 1. The number of nitrogens with one attached hydrogen (secondary N) is 2. The molecule has 0 spiro atoms. The molecular weight excluding hydrogens is 400 g/mol. The van der Waals surface area contributed by atoms with E-state index in [9.17, 15) is 4.79 Å². The SMILES string of the molecule is Cc1nc(NC(=O)C2=NCCN2)sc1Cc1ccc(Br)c(Cl)c1. The van der Waals surface area contributed by atoms with Crippen molar-refractivity contribution in [2.75, 3.05) is 18.4 Å². The average Bonchev–Trinajstić information content (AvgIpc) is 3.14. The first kappa shape index (κ1) is 16.4. The zero-order valence-electron chi connectivity index (χ0n) is 12.3. The lowest BCUT2D eigenvalue weighted by Crippen LogP contribution is -2.32. The number of amides is 1. The van der Waals surface area contributed by atoms with Crippen LogP contribution in [-0.4, -0.2) is 29.8 Å². The Bertz CT molecular complexity index is 790. The molecule has 1 aromatic heterocycles. The predicted octanol–water partition coefficient (Wildman–Crippen LogP) is 3.40. The van der Waals surface area contributed by atoms with Crippen molar-refractivity contribution >= 4 is 55.7 Å². The molecule has 2 aromatic rings. The average molecular weight is 414 g/mol. The van der Waals surface area contributed by atoms with Crippen molar-refractivity contribution in [2.45, 2.75) is 13.3 Å². The number of aryl methyl sites for hydroxylation is 1. The predicted molar refractivity (Wildman–Crippen MR) is 97.7 cm³/mol. The highest BCUT2D eigenvalue weighted by molar-refractivity contribution is 9.10. The summed E-state index contributed by atoms with van der Waals surface area (Å²) in [5.41, 5.74) is 2.01. The lowest BCUT2D eigenvalue weighted by molar-refractivity contribution is -0.110. The maximum atomic E-state index is 12.0. The molecule has 3 rings (SSSR count). The normalized spacial score (nSPS) is 13.6. The Morgan fingerprint density at radius 1 is 1.52 bits per heavy atom. The standard InChI is InChI=1S/C15H14BrClN4OS/c1-8-12(7-9-2-3-10(16)11(17)6-9)23-15(20-8)21-14(22)13-18-4-5-19-13/h2-3,6H,4-5,7H2,1H3,(H,18,19)(H,20,21,22). The van der Waals surface area contributed by atoms with Crippen LogP contribution in [0.1, 0.15) is 16.1 Å². The summed E-state index contributed by atoms with van der Waals surface area (Å²) in [5.74, 6) is 0.133. The third-order valence-corrected chi connectivity index (χ3v) is 5.66. The van der Waals surface area contributed by atoms with Crippen molar-refractivity contribution in [1.82, 2.24) is 10.3 Å². The van der Waals surface area contributed by atoms with E-state index < -0.39 is 0 Å². The lowest BCUT2D eigenvalue weighted by atomic mass is 10.1. The first-order valence-corrected chi connectivity index (χ1v) is 9.01. The second-order valence-electron chi connectivity index (χ2n) is 5.06. The van der Waals surface area contributed by atoms with Gasteiger partial charge in [0.05, 0.1) is 17.3 Å². The van der Waals surface area contributed by atoms with Crippen LogP contribution < -0.4 is 10.6 Å². The van der Waals surface area contributed by atoms with Crippen LogP contribution in [0.5, 0.6) is 0 Å². The number of nitrogens with zero attached hydrogens (tertiary/aromatic N) is 2. The van der Waals surface area contributed by atoms with E-state index in [1.54, 1.807) is 0 Å². The second kappa shape index (κ2) is 6.98. The number of amidine groups is 1. The van der Waals surface area contributed by atoms with Gasteiger partial charge in [0.25, 0.3) is 5.91 Å². The molecule has 0 saturated heterocycles. The zero-order chi connectivity index (χ0) is 16.4. The van der Waals surface area contributed by atoms with Gasteiger partial charge < -0.3 is 5.32 Å². The fourth-order valence-corrected chi connectivity index (χ4v) is 3.63. The number of halogens is 2. The van der Waals surface area contributed by atoms with Crippen molar-refractivity contribution in [1.29, 1.82) is 0 Å². The largest absolute Gasteiger partial charge is 0.364 e. The molecule has 1 amide bonds. The van der Waals surface area contributed by atoms with Crippen molar-refractivity contribution in [3.8, 4) is 0 Å². The van der Waals surface area contributed by atoms with Gasteiger partial charge in [-0.2, -0.15) is 0 Å². The summed E-state index contributed by atoms with van der Waals surface area (Å²) in [7, 11) is 0. The van der Waals surface area contributed by atoms with Gasteiger partial charge in [0, 0.05) is 22.3 Å². The van der Waals surface area contributed by atoms with Gasteiger partial charge in [-0.05, 0) is 40.5 Å². The van der Waals surface area contributed by atoms with Gasteiger partial charge in [0.15, 0.2) is 11.0 Å². The highest BCUT2D eigenvalue weighted by atomic mass is 79.9. The molecule has 2 N–H and O–H groups in total. The molecule has 0 radical (unpaired) electrons. The molecule has 0 fully saturated rings. The van der Waals surface area contributed by atoms with E-state index in [1.165, 1.54) is 11.3 Å². The van der Waals surface area contributed by atoms with E-state index in [0.29, 0.717) is 29.1 Å². The van der Waals surface area contributed by atoms with Crippen LogP contribution in [0.25, 0.3) is 0 Å². The number of aliphatic imine (C=N–C) groups is 1. The fourth-order valence-electron chi connectivity index (χ4n) is 2.19. The molecule has 8 heteroatoms. The summed E-state index contributed by atoms with van der Waals surface area (Å²) < 4.78 is 0.877. The van der Waals surface area contributed by atoms with Gasteiger partial charge in [-0.25, -0.2) is 4.98 Å². The minimum absolute atomic E-state index is 0.241. The van der Waals surface area contributed by atoms with E-state index in [2.05, 4.69) is 36.5 Å². The van der Waals surface area contributed by atoms with Crippen molar-refractivity contribution in [3.05, 3.63) is 43.8 Å². The molecule has 0 unspecified atom stereocenters. The van der Waals surface area contributed by atoms with Crippen LogP contribution in [0.3, 0.4) is 0 Å².